The second-order valence-electron chi connectivity index (χ2n) is 5.05. The number of nitrogens with one attached hydrogen (secondary N) is 1. The molecule has 0 amide bonds. The number of aromatic nitrogens is 1. The molecule has 1 N–H and O–H groups in total. The fourth-order valence-corrected chi connectivity index (χ4v) is 2.70. The van der Waals surface area contributed by atoms with Crippen molar-refractivity contribution in [3.63, 3.8) is 0 Å². The Kier molecular flexibility index (Phi) is 2.79. The van der Waals surface area contributed by atoms with Gasteiger partial charge in [-0.15, -0.1) is 0 Å². The molecule has 3 aromatic carbocycles. The summed E-state index contributed by atoms with van der Waals surface area (Å²) in [7, 11) is 0. The third-order valence-corrected chi connectivity index (χ3v) is 3.71. The number of para-hydroxylation sites is 1. The van der Waals surface area contributed by atoms with Gasteiger partial charge in [-0.1, -0.05) is 42.5 Å². The highest BCUT2D eigenvalue weighted by Gasteiger charge is 2.05. The molecule has 0 atom stereocenters. The van der Waals surface area contributed by atoms with E-state index in [1.165, 1.54) is 16.2 Å². The predicted molar refractivity (Wildman–Crippen MR) is 89.5 cm³/mol. The first kappa shape index (κ1) is 11.9. The first-order valence-electron chi connectivity index (χ1n) is 7.00. The van der Waals surface area contributed by atoms with Crippen LogP contribution in [0.2, 0.25) is 0 Å². The number of benzene rings is 3. The van der Waals surface area contributed by atoms with Gasteiger partial charge in [0.25, 0.3) is 0 Å². The van der Waals surface area contributed by atoms with Gasteiger partial charge in [0.1, 0.15) is 0 Å². The van der Waals surface area contributed by atoms with Gasteiger partial charge in [-0.2, -0.15) is 0 Å². The van der Waals surface area contributed by atoms with Gasteiger partial charge >= 0.3 is 0 Å². The van der Waals surface area contributed by atoms with Crippen molar-refractivity contribution in [3.8, 4) is 0 Å². The molecule has 0 radical (unpaired) electrons. The number of fused-ring (bicyclic) bond motifs is 3. The molecule has 4 aromatic rings. The first-order valence-corrected chi connectivity index (χ1v) is 7.00. The van der Waals surface area contributed by atoms with Crippen LogP contribution in [0.25, 0.3) is 21.7 Å². The molecule has 0 fully saturated rings. The fourth-order valence-electron chi connectivity index (χ4n) is 2.70. The zero-order valence-electron chi connectivity index (χ0n) is 11.5. The Morgan fingerprint density at radius 2 is 1.62 bits per heavy atom. The largest absolute Gasteiger partial charge is 0.361 e. The van der Waals surface area contributed by atoms with Crippen LogP contribution < -0.4 is 0 Å². The minimum Gasteiger partial charge on any atom is -0.361 e. The summed E-state index contributed by atoms with van der Waals surface area (Å²) < 4.78 is 0. The van der Waals surface area contributed by atoms with Crippen LogP contribution in [0.15, 0.2) is 77.9 Å². The summed E-state index contributed by atoms with van der Waals surface area (Å²) in [4.78, 5) is 7.89. The van der Waals surface area contributed by atoms with Gasteiger partial charge in [-0.3, -0.25) is 4.99 Å². The molecule has 1 heterocycles. The minimum absolute atomic E-state index is 0.963. The second-order valence-corrected chi connectivity index (χ2v) is 5.05. The predicted octanol–water partition coefficient (Wildman–Crippen LogP) is 5.07. The molecule has 2 nitrogen and oxygen atoms in total. The third kappa shape index (κ3) is 2.11. The summed E-state index contributed by atoms with van der Waals surface area (Å²) in [5, 5.41) is 3.74. The summed E-state index contributed by atoms with van der Waals surface area (Å²) in [6.45, 7) is 0. The zero-order valence-corrected chi connectivity index (χ0v) is 11.5. The summed E-state index contributed by atoms with van der Waals surface area (Å²) >= 11 is 0. The number of H-pyrrole nitrogens is 1. The van der Waals surface area contributed by atoms with Gasteiger partial charge in [-0.25, -0.2) is 0 Å². The SMILES string of the molecule is C(=Nc1ccccc1)c1cc2ccccc2c2cc[nH]c12. The van der Waals surface area contributed by atoms with E-state index in [4.69, 9.17) is 0 Å². The molecule has 0 aliphatic rings. The van der Waals surface area contributed by atoms with E-state index in [1.54, 1.807) is 0 Å². The molecule has 100 valence electrons. The monoisotopic (exact) mass is 270 g/mol. The molecule has 0 aliphatic carbocycles. The van der Waals surface area contributed by atoms with Crippen LogP contribution in [0.3, 0.4) is 0 Å². The van der Waals surface area contributed by atoms with Crippen molar-refractivity contribution in [2.24, 2.45) is 4.99 Å². The molecule has 0 unspecified atom stereocenters. The smallest absolute Gasteiger partial charge is 0.0629 e. The average molecular weight is 270 g/mol. The molecular formula is C19H14N2. The highest BCUT2D eigenvalue weighted by Crippen LogP contribution is 2.27. The van der Waals surface area contributed by atoms with Gasteiger partial charge in [0.15, 0.2) is 0 Å². The van der Waals surface area contributed by atoms with Crippen LogP contribution in [-0.2, 0) is 0 Å². The van der Waals surface area contributed by atoms with Crippen molar-refractivity contribution in [1.29, 1.82) is 0 Å². The molecule has 0 saturated carbocycles. The molecule has 21 heavy (non-hydrogen) atoms. The Balaban J connectivity index is 1.91. The van der Waals surface area contributed by atoms with Gasteiger partial charge in [0.05, 0.1) is 11.2 Å². The van der Waals surface area contributed by atoms with Crippen molar-refractivity contribution < 1.29 is 0 Å². The maximum atomic E-state index is 4.57. The fraction of sp³-hybridized carbons (Fsp3) is 0. The lowest BCUT2D eigenvalue weighted by Crippen LogP contribution is -1.85. The molecular weight excluding hydrogens is 256 g/mol. The van der Waals surface area contributed by atoms with Crippen LogP contribution in [0, 0.1) is 0 Å². The number of aromatic amines is 1. The van der Waals surface area contributed by atoms with Gasteiger partial charge in [-0.05, 0) is 35.0 Å². The number of hydrogen-bond acceptors (Lipinski definition) is 1. The van der Waals surface area contributed by atoms with Crippen LogP contribution in [0.5, 0.6) is 0 Å². The van der Waals surface area contributed by atoms with Gasteiger partial charge < -0.3 is 4.98 Å². The standard InChI is InChI=1S/C19H14N2/c1-2-7-16(8-3-1)21-13-15-12-14-6-4-5-9-17(14)18-10-11-20-19(15)18/h1-13,20H. The highest BCUT2D eigenvalue weighted by molar-refractivity contribution is 6.13. The lowest BCUT2D eigenvalue weighted by Gasteiger charge is -2.03. The normalized spacial score (nSPS) is 11.6. The number of rotatable bonds is 2. The molecule has 0 aliphatic heterocycles. The lowest BCUT2D eigenvalue weighted by molar-refractivity contribution is 1.47. The molecule has 0 bridgehead atoms. The highest BCUT2D eigenvalue weighted by atomic mass is 14.7. The van der Waals surface area contributed by atoms with Crippen LogP contribution >= 0.6 is 0 Å². The molecule has 1 aromatic heterocycles. The Labute approximate surface area is 122 Å². The Morgan fingerprint density at radius 3 is 2.52 bits per heavy atom. The number of aliphatic imine (C=N–C) groups is 1. The van der Waals surface area contributed by atoms with Crippen molar-refractivity contribution in [2.75, 3.05) is 0 Å². The minimum atomic E-state index is 0.963. The second kappa shape index (κ2) is 4.91. The lowest BCUT2D eigenvalue weighted by atomic mass is 10.0. The van der Waals surface area contributed by atoms with Crippen LogP contribution in [-0.4, -0.2) is 11.2 Å². The summed E-state index contributed by atoms with van der Waals surface area (Å²) in [5.74, 6) is 0. The van der Waals surface area contributed by atoms with Crippen molar-refractivity contribution in [2.45, 2.75) is 0 Å². The van der Waals surface area contributed by atoms with E-state index in [9.17, 15) is 0 Å². The average Bonchev–Trinajstić information content (AvgIpc) is 3.04. The van der Waals surface area contributed by atoms with Crippen LogP contribution in [0.4, 0.5) is 5.69 Å². The number of nitrogens with zero attached hydrogens (tertiary/aromatic N) is 1. The van der Waals surface area contributed by atoms with Crippen LogP contribution in [0.1, 0.15) is 5.56 Å². The van der Waals surface area contributed by atoms with E-state index >= 15 is 0 Å². The summed E-state index contributed by atoms with van der Waals surface area (Å²) in [5.41, 5.74) is 3.20. The van der Waals surface area contributed by atoms with Crippen molar-refractivity contribution in [1.82, 2.24) is 4.98 Å². The Hall–Kier alpha value is -2.87. The van der Waals surface area contributed by atoms with E-state index < -0.39 is 0 Å². The van der Waals surface area contributed by atoms with Gasteiger partial charge in [0.2, 0.25) is 0 Å². The van der Waals surface area contributed by atoms with Gasteiger partial charge in [0, 0.05) is 23.4 Å². The van der Waals surface area contributed by atoms with Crippen molar-refractivity contribution in [3.05, 3.63) is 78.5 Å². The molecule has 2 heteroatoms. The van der Waals surface area contributed by atoms with E-state index in [-0.39, 0.29) is 0 Å². The number of hydrogen-bond donors (Lipinski definition) is 1. The van der Waals surface area contributed by atoms with E-state index in [1.807, 2.05) is 42.7 Å². The summed E-state index contributed by atoms with van der Waals surface area (Å²) in [6, 6.07) is 22.7. The third-order valence-electron chi connectivity index (χ3n) is 3.71. The van der Waals surface area contributed by atoms with E-state index in [0.717, 1.165) is 16.8 Å². The summed E-state index contributed by atoms with van der Waals surface area (Å²) in [6.07, 6.45) is 3.91. The Morgan fingerprint density at radius 1 is 0.810 bits per heavy atom. The molecule has 0 spiro atoms. The quantitative estimate of drug-likeness (QED) is 0.492. The molecule has 0 saturated heterocycles. The van der Waals surface area contributed by atoms with E-state index in [2.05, 4.69) is 46.4 Å². The van der Waals surface area contributed by atoms with Crippen molar-refractivity contribution >= 4 is 33.6 Å². The van der Waals surface area contributed by atoms with E-state index in [0.29, 0.717) is 0 Å². The molecule has 4 rings (SSSR count). The zero-order chi connectivity index (χ0) is 14.1. The Bertz CT molecular complexity index is 934. The first-order chi connectivity index (χ1) is 10.4. The maximum Gasteiger partial charge on any atom is 0.0629 e. The maximum absolute atomic E-state index is 4.57. The topological polar surface area (TPSA) is 28.1 Å².